The summed E-state index contributed by atoms with van der Waals surface area (Å²) in [5.74, 6) is 0.606. The lowest BCUT2D eigenvalue weighted by atomic mass is 9.95. The van der Waals surface area contributed by atoms with Crippen LogP contribution in [0, 0.1) is 12.5 Å². The van der Waals surface area contributed by atoms with Crippen LogP contribution in [0.3, 0.4) is 0 Å². The van der Waals surface area contributed by atoms with Crippen LogP contribution in [0.1, 0.15) is 43.9 Å². The summed E-state index contributed by atoms with van der Waals surface area (Å²) in [6, 6.07) is 24.5. The van der Waals surface area contributed by atoms with Gasteiger partial charge in [-0.15, -0.1) is 0 Å². The Morgan fingerprint density at radius 2 is 1.49 bits per heavy atom. The minimum atomic E-state index is -0.295. The number of aromatic nitrogens is 2. The number of ether oxygens (including phenoxy) is 1. The monoisotopic (exact) mass is 542 g/mol. The van der Waals surface area contributed by atoms with Gasteiger partial charge in [0, 0.05) is 53.0 Å². The lowest BCUT2D eigenvalue weighted by molar-refractivity contribution is 0.101. The summed E-state index contributed by atoms with van der Waals surface area (Å²) < 4.78 is 6.64. The number of nitrogens with one attached hydrogen (secondary N) is 2. The number of terminal acetylenes is 1. The number of hydrogen-bond donors (Lipinski definition) is 2. The normalized spacial score (nSPS) is 12.4. The van der Waals surface area contributed by atoms with Crippen LogP contribution in [0.25, 0.3) is 11.3 Å². The minimum Gasteiger partial charge on any atom is -0.412 e. The molecule has 0 saturated carbocycles. The highest BCUT2D eigenvalue weighted by molar-refractivity contribution is 6.10. The van der Waals surface area contributed by atoms with E-state index in [1.807, 2.05) is 30.3 Å². The quantitative estimate of drug-likeness (QED) is 0.211. The lowest BCUT2D eigenvalue weighted by Crippen LogP contribution is -2.14. The van der Waals surface area contributed by atoms with Crippen molar-refractivity contribution in [2.75, 3.05) is 10.6 Å². The van der Waals surface area contributed by atoms with Crippen molar-refractivity contribution in [2.45, 2.75) is 12.8 Å². The summed E-state index contributed by atoms with van der Waals surface area (Å²) in [6.07, 6.45) is 11.8. The van der Waals surface area contributed by atoms with Gasteiger partial charge in [0.2, 0.25) is 0 Å². The molecule has 5 rings (SSSR count). The first-order valence-corrected chi connectivity index (χ1v) is 12.9. The maximum absolute atomic E-state index is 12.8. The Balaban J connectivity index is 1.20. The summed E-state index contributed by atoms with van der Waals surface area (Å²) in [6.45, 7) is 0. The predicted molar refractivity (Wildman–Crippen MR) is 157 cm³/mol. The first kappa shape index (κ1) is 26.9. The van der Waals surface area contributed by atoms with Crippen LogP contribution in [-0.4, -0.2) is 27.4 Å². The molecule has 202 valence electrons. The number of carbonyl (C=O) groups is 3. The third-order valence-electron chi connectivity index (χ3n) is 6.60. The van der Waals surface area contributed by atoms with E-state index < -0.39 is 0 Å². The maximum atomic E-state index is 12.8. The first-order chi connectivity index (χ1) is 19.9. The summed E-state index contributed by atoms with van der Waals surface area (Å²) in [4.78, 5) is 38.1. The fourth-order valence-corrected chi connectivity index (χ4v) is 4.36. The first-order valence-electron chi connectivity index (χ1n) is 12.9. The fourth-order valence-electron chi connectivity index (χ4n) is 4.36. The maximum Gasteiger partial charge on any atom is 0.256 e. The zero-order chi connectivity index (χ0) is 28.8. The minimum absolute atomic E-state index is 0.0964. The number of ketones is 1. The van der Waals surface area contributed by atoms with Gasteiger partial charge in [-0.3, -0.25) is 19.1 Å². The van der Waals surface area contributed by atoms with E-state index in [4.69, 9.17) is 11.2 Å². The molecular formula is C33H26N4O4. The van der Waals surface area contributed by atoms with E-state index in [0.717, 1.165) is 5.56 Å². The van der Waals surface area contributed by atoms with Gasteiger partial charge in [0.05, 0.1) is 5.69 Å². The standard InChI is InChI=1S/C33H26N4O4/c1-3-41-28-19-15-24(16-20-28)31(38)23-9-11-26(12-10-23)32(39)34-27-17-13-22(14-18-27)29-21-30(37(2)36-29)35-33(40)25-7-5-4-6-8-25/h1,4-15,17-19,21H,16,20H2,2H3,(H,34,39)(H,35,40). The molecule has 0 aliphatic heterocycles. The highest BCUT2D eigenvalue weighted by atomic mass is 16.5. The van der Waals surface area contributed by atoms with Crippen LogP contribution < -0.4 is 10.6 Å². The molecule has 0 bridgehead atoms. The molecule has 0 atom stereocenters. The van der Waals surface area contributed by atoms with E-state index >= 15 is 0 Å². The number of anilines is 2. The van der Waals surface area contributed by atoms with Crippen molar-refractivity contribution < 1.29 is 19.1 Å². The largest absolute Gasteiger partial charge is 0.412 e. The Kier molecular flexibility index (Phi) is 7.88. The van der Waals surface area contributed by atoms with Gasteiger partial charge in [0.15, 0.2) is 5.78 Å². The molecule has 4 aromatic rings. The third kappa shape index (κ3) is 6.32. The molecule has 0 radical (unpaired) electrons. The van der Waals surface area contributed by atoms with Gasteiger partial charge in [0.25, 0.3) is 11.8 Å². The van der Waals surface area contributed by atoms with Gasteiger partial charge in [-0.2, -0.15) is 5.10 Å². The van der Waals surface area contributed by atoms with Gasteiger partial charge < -0.3 is 15.4 Å². The molecule has 1 aliphatic rings. The van der Waals surface area contributed by atoms with E-state index in [1.165, 1.54) is 0 Å². The molecular weight excluding hydrogens is 516 g/mol. The Morgan fingerprint density at radius 3 is 2.15 bits per heavy atom. The second kappa shape index (κ2) is 12.0. The number of benzene rings is 3. The van der Waals surface area contributed by atoms with E-state index in [2.05, 4.69) is 21.8 Å². The molecule has 2 N–H and O–H groups in total. The number of carbonyl (C=O) groups excluding carboxylic acids is 3. The Labute approximate surface area is 237 Å². The average Bonchev–Trinajstić information content (AvgIpc) is 3.37. The zero-order valence-corrected chi connectivity index (χ0v) is 22.3. The van der Waals surface area contributed by atoms with Crippen LogP contribution in [0.4, 0.5) is 11.5 Å². The van der Waals surface area contributed by atoms with Crippen LogP contribution >= 0.6 is 0 Å². The van der Waals surface area contributed by atoms with Gasteiger partial charge in [-0.25, -0.2) is 0 Å². The van der Waals surface area contributed by atoms with Crippen LogP contribution in [0.15, 0.2) is 108 Å². The smallest absolute Gasteiger partial charge is 0.256 e. The Morgan fingerprint density at radius 1 is 0.829 bits per heavy atom. The van der Waals surface area contributed by atoms with Crippen molar-refractivity contribution >= 4 is 29.1 Å². The Hall–Kier alpha value is -5.68. The molecule has 41 heavy (non-hydrogen) atoms. The van der Waals surface area contributed by atoms with Gasteiger partial charge in [-0.1, -0.05) is 55.0 Å². The average molecular weight is 543 g/mol. The molecule has 3 aromatic carbocycles. The van der Waals surface area contributed by atoms with E-state index in [9.17, 15) is 14.4 Å². The van der Waals surface area contributed by atoms with Crippen molar-refractivity contribution in [3.63, 3.8) is 0 Å². The molecule has 8 nitrogen and oxygen atoms in total. The molecule has 8 heteroatoms. The molecule has 0 fully saturated rings. The third-order valence-corrected chi connectivity index (χ3v) is 6.60. The second-order valence-corrected chi connectivity index (χ2v) is 9.34. The van der Waals surface area contributed by atoms with Crippen molar-refractivity contribution in [3.05, 3.63) is 125 Å². The fraction of sp³-hybridized carbons (Fsp3) is 0.0909. The van der Waals surface area contributed by atoms with Crippen LogP contribution in [0.2, 0.25) is 0 Å². The molecule has 0 saturated heterocycles. The number of hydrogen-bond acceptors (Lipinski definition) is 5. The van der Waals surface area contributed by atoms with Gasteiger partial charge in [-0.05, 0) is 48.9 Å². The SMILES string of the molecule is C#COC1=CC=C(C(=O)c2ccc(C(=O)Nc3ccc(-c4cc(NC(=O)c5ccccc5)n(C)n4)cc3)cc2)CC1. The number of Topliss-reactive ketones (excluding diaryl/α,β-unsaturated/α-hetero) is 1. The van der Waals surface area contributed by atoms with E-state index in [-0.39, 0.29) is 17.6 Å². The number of allylic oxidation sites excluding steroid dienone is 4. The molecule has 2 amide bonds. The Bertz CT molecular complexity index is 1710. The van der Waals surface area contributed by atoms with Gasteiger partial charge >= 0.3 is 0 Å². The van der Waals surface area contributed by atoms with Crippen LogP contribution in [-0.2, 0) is 11.8 Å². The van der Waals surface area contributed by atoms with E-state index in [1.54, 1.807) is 78.5 Å². The molecule has 1 aliphatic carbocycles. The molecule has 0 spiro atoms. The van der Waals surface area contributed by atoms with Gasteiger partial charge in [0.1, 0.15) is 17.7 Å². The highest BCUT2D eigenvalue weighted by Crippen LogP contribution is 2.25. The molecule has 1 heterocycles. The summed E-state index contributed by atoms with van der Waals surface area (Å²) >= 11 is 0. The molecule has 0 unspecified atom stereocenters. The number of nitrogens with zero attached hydrogens (tertiary/aromatic N) is 2. The zero-order valence-electron chi connectivity index (χ0n) is 22.3. The lowest BCUT2D eigenvalue weighted by Gasteiger charge is -2.12. The topological polar surface area (TPSA) is 102 Å². The number of amides is 2. The van der Waals surface area contributed by atoms with Crippen molar-refractivity contribution in [3.8, 4) is 23.8 Å². The highest BCUT2D eigenvalue weighted by Gasteiger charge is 2.17. The molecule has 1 aromatic heterocycles. The predicted octanol–water partition coefficient (Wildman–Crippen LogP) is 5.99. The summed E-state index contributed by atoms with van der Waals surface area (Å²) in [5, 5.41) is 10.2. The van der Waals surface area contributed by atoms with Crippen molar-refractivity contribution in [2.24, 2.45) is 7.05 Å². The van der Waals surface area contributed by atoms with Crippen LogP contribution in [0.5, 0.6) is 0 Å². The van der Waals surface area contributed by atoms with Crippen molar-refractivity contribution in [1.29, 1.82) is 0 Å². The second-order valence-electron chi connectivity index (χ2n) is 9.34. The number of rotatable bonds is 8. The summed E-state index contributed by atoms with van der Waals surface area (Å²) in [5.41, 5.74) is 4.25. The number of aryl methyl sites for hydroxylation is 1. The summed E-state index contributed by atoms with van der Waals surface area (Å²) in [7, 11) is 1.76. The van der Waals surface area contributed by atoms with E-state index in [0.29, 0.717) is 58.1 Å². The van der Waals surface area contributed by atoms with Crippen molar-refractivity contribution in [1.82, 2.24) is 9.78 Å².